The zero-order valence-corrected chi connectivity index (χ0v) is 17.7. The highest BCUT2D eigenvalue weighted by atomic mass is 16.1. The van der Waals surface area contributed by atoms with Gasteiger partial charge < -0.3 is 9.88 Å². The fraction of sp³-hybridized carbons (Fsp3) is 0.440. The largest absolute Gasteiger partial charge is 0.342 e. The summed E-state index contributed by atoms with van der Waals surface area (Å²) in [4.78, 5) is 17.4. The van der Waals surface area contributed by atoms with Gasteiger partial charge in [-0.25, -0.2) is 4.98 Å². The van der Waals surface area contributed by atoms with E-state index in [-0.39, 0.29) is 11.9 Å². The number of nitrogens with zero attached hydrogens (tertiary/aromatic N) is 2. The molecule has 1 amide bonds. The Morgan fingerprint density at radius 3 is 2.34 bits per heavy atom. The Balaban J connectivity index is 1.68. The molecule has 154 valence electrons. The maximum atomic E-state index is 12.6. The van der Waals surface area contributed by atoms with Crippen LogP contribution >= 0.6 is 0 Å². The summed E-state index contributed by atoms with van der Waals surface area (Å²) in [6, 6.07) is 17.5. The number of nitrogens with one attached hydrogen (secondary N) is 1. The van der Waals surface area contributed by atoms with E-state index in [9.17, 15) is 4.79 Å². The molecule has 0 spiro atoms. The normalized spacial score (nSPS) is 12.2. The highest BCUT2D eigenvalue weighted by Crippen LogP contribution is 2.22. The number of rotatable bonds is 11. The molecule has 29 heavy (non-hydrogen) atoms. The highest BCUT2D eigenvalue weighted by Gasteiger charge is 2.18. The topological polar surface area (TPSA) is 46.9 Å². The quantitative estimate of drug-likeness (QED) is 0.391. The lowest BCUT2D eigenvalue weighted by Gasteiger charge is -2.16. The predicted octanol–water partition coefficient (Wildman–Crippen LogP) is 6.28. The summed E-state index contributed by atoms with van der Waals surface area (Å²) in [5, 5.41) is 3.12. The van der Waals surface area contributed by atoms with Gasteiger partial charge in [0, 0.05) is 12.1 Å². The average Bonchev–Trinajstić information content (AvgIpc) is 3.12. The summed E-state index contributed by atoms with van der Waals surface area (Å²) >= 11 is 0. The van der Waals surface area contributed by atoms with Crippen LogP contribution in [0.3, 0.4) is 0 Å². The van der Waals surface area contributed by atoms with Gasteiger partial charge >= 0.3 is 0 Å². The van der Waals surface area contributed by atoms with Crippen molar-refractivity contribution < 1.29 is 4.79 Å². The van der Waals surface area contributed by atoms with Crippen molar-refractivity contribution in [3.63, 3.8) is 0 Å². The van der Waals surface area contributed by atoms with Crippen molar-refractivity contribution in [1.82, 2.24) is 14.9 Å². The lowest BCUT2D eigenvalue weighted by molar-refractivity contribution is 0.0937. The number of fused-ring (bicyclic) bond motifs is 1. The molecule has 4 nitrogen and oxygen atoms in total. The van der Waals surface area contributed by atoms with Crippen molar-refractivity contribution in [3.8, 4) is 0 Å². The highest BCUT2D eigenvalue weighted by molar-refractivity contribution is 5.94. The lowest BCUT2D eigenvalue weighted by atomic mass is 10.1. The fourth-order valence-electron chi connectivity index (χ4n) is 3.82. The number of hydrogen-bond donors (Lipinski definition) is 1. The second-order valence-corrected chi connectivity index (χ2v) is 7.79. The molecule has 0 aliphatic rings. The van der Waals surface area contributed by atoms with Crippen LogP contribution in [0, 0.1) is 0 Å². The van der Waals surface area contributed by atoms with Gasteiger partial charge in [-0.15, -0.1) is 0 Å². The molecule has 1 atom stereocenters. The first-order valence-electron chi connectivity index (χ1n) is 11.0. The Morgan fingerprint density at radius 2 is 1.59 bits per heavy atom. The first-order chi connectivity index (χ1) is 14.2. The molecule has 1 N–H and O–H groups in total. The van der Waals surface area contributed by atoms with E-state index >= 15 is 0 Å². The molecule has 0 radical (unpaired) electrons. The van der Waals surface area contributed by atoms with Gasteiger partial charge in [0.1, 0.15) is 5.82 Å². The van der Waals surface area contributed by atoms with Gasteiger partial charge in [0.2, 0.25) is 0 Å². The Morgan fingerprint density at radius 1 is 0.931 bits per heavy atom. The van der Waals surface area contributed by atoms with E-state index in [4.69, 9.17) is 4.98 Å². The Labute approximate surface area is 174 Å². The van der Waals surface area contributed by atoms with E-state index in [0.29, 0.717) is 5.56 Å². The summed E-state index contributed by atoms with van der Waals surface area (Å²) in [5.41, 5.74) is 2.81. The molecule has 0 saturated heterocycles. The van der Waals surface area contributed by atoms with Crippen LogP contribution in [0.25, 0.3) is 11.0 Å². The van der Waals surface area contributed by atoms with E-state index in [1.165, 1.54) is 38.5 Å². The summed E-state index contributed by atoms with van der Waals surface area (Å²) in [6.45, 7) is 5.21. The minimum atomic E-state index is -0.153. The average molecular weight is 392 g/mol. The van der Waals surface area contributed by atoms with Gasteiger partial charge in [-0.2, -0.15) is 0 Å². The molecule has 1 unspecified atom stereocenters. The Kier molecular flexibility index (Phi) is 7.85. The van der Waals surface area contributed by atoms with Crippen LogP contribution in [0.15, 0.2) is 54.6 Å². The van der Waals surface area contributed by atoms with E-state index in [1.54, 1.807) is 0 Å². The number of benzene rings is 2. The molecule has 1 aromatic heterocycles. The number of carbonyl (C=O) groups excluding carboxylic acids is 1. The number of aryl methyl sites for hydroxylation is 1. The van der Waals surface area contributed by atoms with Crippen molar-refractivity contribution >= 4 is 16.9 Å². The number of para-hydroxylation sites is 2. The zero-order chi connectivity index (χ0) is 20.5. The lowest BCUT2D eigenvalue weighted by Crippen LogP contribution is -2.28. The van der Waals surface area contributed by atoms with Gasteiger partial charge in [0.25, 0.3) is 5.91 Å². The van der Waals surface area contributed by atoms with Crippen LogP contribution in [-0.2, 0) is 6.54 Å². The monoisotopic (exact) mass is 391 g/mol. The summed E-state index contributed by atoms with van der Waals surface area (Å²) in [7, 11) is 0. The third-order valence-corrected chi connectivity index (χ3v) is 5.44. The third-order valence-electron chi connectivity index (χ3n) is 5.44. The van der Waals surface area contributed by atoms with Gasteiger partial charge in [0.15, 0.2) is 0 Å². The molecule has 3 rings (SSSR count). The van der Waals surface area contributed by atoms with Crippen molar-refractivity contribution in [1.29, 1.82) is 0 Å². The van der Waals surface area contributed by atoms with Crippen LogP contribution in [0.4, 0.5) is 0 Å². The molecule has 1 heterocycles. The molecular weight excluding hydrogens is 358 g/mol. The van der Waals surface area contributed by atoms with Gasteiger partial charge in [0.05, 0.1) is 17.1 Å². The van der Waals surface area contributed by atoms with Crippen molar-refractivity contribution in [2.24, 2.45) is 0 Å². The number of imidazole rings is 1. The molecule has 2 aromatic carbocycles. The summed E-state index contributed by atoms with van der Waals surface area (Å²) < 4.78 is 2.29. The van der Waals surface area contributed by atoms with Crippen LogP contribution in [-0.4, -0.2) is 15.5 Å². The first kappa shape index (κ1) is 21.1. The van der Waals surface area contributed by atoms with Crippen LogP contribution in [0.1, 0.15) is 81.0 Å². The van der Waals surface area contributed by atoms with E-state index < -0.39 is 0 Å². The Hall–Kier alpha value is -2.62. The minimum Gasteiger partial charge on any atom is -0.342 e. The SMILES string of the molecule is CCCCCCCCCn1c(C(C)NC(=O)c2ccccc2)nc2ccccc21. The van der Waals surface area contributed by atoms with E-state index in [1.807, 2.05) is 49.4 Å². The summed E-state index contributed by atoms with van der Waals surface area (Å²) in [6.07, 6.45) is 8.97. The van der Waals surface area contributed by atoms with Crippen molar-refractivity contribution in [3.05, 3.63) is 66.0 Å². The molecule has 0 saturated carbocycles. The smallest absolute Gasteiger partial charge is 0.251 e. The fourth-order valence-corrected chi connectivity index (χ4v) is 3.82. The molecule has 3 aromatic rings. The van der Waals surface area contributed by atoms with Gasteiger partial charge in [-0.05, 0) is 37.6 Å². The number of aromatic nitrogens is 2. The Bertz CT molecular complexity index is 901. The maximum Gasteiger partial charge on any atom is 0.251 e. The summed E-state index contributed by atoms with van der Waals surface area (Å²) in [5.74, 6) is 0.870. The molecule has 0 aliphatic heterocycles. The van der Waals surface area contributed by atoms with Crippen molar-refractivity contribution in [2.75, 3.05) is 0 Å². The van der Waals surface area contributed by atoms with E-state index in [2.05, 4.69) is 28.9 Å². The molecular formula is C25H33N3O. The van der Waals surface area contributed by atoms with Crippen LogP contribution < -0.4 is 5.32 Å². The number of unbranched alkanes of at least 4 members (excludes halogenated alkanes) is 6. The second-order valence-electron chi connectivity index (χ2n) is 7.79. The van der Waals surface area contributed by atoms with Crippen LogP contribution in [0.5, 0.6) is 0 Å². The number of hydrogen-bond acceptors (Lipinski definition) is 2. The standard InChI is InChI=1S/C25H33N3O/c1-3-4-5-6-7-8-14-19-28-23-18-13-12-17-22(23)27-24(28)20(2)26-25(29)21-15-10-9-11-16-21/h9-13,15-18,20H,3-8,14,19H2,1-2H3,(H,26,29). The van der Waals surface area contributed by atoms with Gasteiger partial charge in [-0.3, -0.25) is 4.79 Å². The predicted molar refractivity (Wildman–Crippen MR) is 120 cm³/mol. The second kappa shape index (κ2) is 10.8. The third kappa shape index (κ3) is 5.69. The molecule has 0 fully saturated rings. The molecule has 4 heteroatoms. The molecule has 0 bridgehead atoms. The number of amides is 1. The first-order valence-corrected chi connectivity index (χ1v) is 11.0. The maximum absolute atomic E-state index is 12.6. The minimum absolute atomic E-state index is 0.0624. The van der Waals surface area contributed by atoms with Gasteiger partial charge in [-0.1, -0.05) is 75.8 Å². The van der Waals surface area contributed by atoms with Crippen molar-refractivity contribution in [2.45, 2.75) is 71.4 Å². The molecule has 0 aliphatic carbocycles. The van der Waals surface area contributed by atoms with E-state index in [0.717, 1.165) is 29.8 Å². The van der Waals surface area contributed by atoms with Crippen LogP contribution in [0.2, 0.25) is 0 Å². The zero-order valence-electron chi connectivity index (χ0n) is 17.7. The number of carbonyl (C=O) groups is 1.